The average Bonchev–Trinajstić information content (AvgIpc) is 3.39. The number of amides is 3. The molecule has 1 atom stereocenters. The van der Waals surface area contributed by atoms with Gasteiger partial charge in [0.1, 0.15) is 12.4 Å². The van der Waals surface area contributed by atoms with Crippen LogP contribution in [0.15, 0.2) is 48.5 Å². The van der Waals surface area contributed by atoms with Crippen LogP contribution in [0.4, 0.5) is 0 Å². The van der Waals surface area contributed by atoms with Crippen LogP contribution in [0.5, 0.6) is 5.75 Å². The van der Waals surface area contributed by atoms with E-state index >= 15 is 0 Å². The van der Waals surface area contributed by atoms with Crippen LogP contribution in [0.2, 0.25) is 5.02 Å². The summed E-state index contributed by atoms with van der Waals surface area (Å²) in [4.78, 5) is 42.9. The zero-order valence-corrected chi connectivity index (χ0v) is 21.8. The Morgan fingerprint density at radius 1 is 1.00 bits per heavy atom. The highest BCUT2D eigenvalue weighted by molar-refractivity contribution is 6.31. The van der Waals surface area contributed by atoms with Crippen LogP contribution in [0.1, 0.15) is 41.6 Å². The zero-order chi connectivity index (χ0) is 26.0. The minimum absolute atomic E-state index is 0.00346. The van der Waals surface area contributed by atoms with Gasteiger partial charge in [0.25, 0.3) is 5.91 Å². The molecule has 0 spiro atoms. The lowest BCUT2D eigenvalue weighted by atomic mass is 10.1. The van der Waals surface area contributed by atoms with Crippen molar-refractivity contribution in [1.82, 2.24) is 20.4 Å². The summed E-state index contributed by atoms with van der Waals surface area (Å²) in [6.07, 6.45) is 4.09. The van der Waals surface area contributed by atoms with Crippen molar-refractivity contribution in [1.29, 1.82) is 0 Å². The predicted octanol–water partition coefficient (Wildman–Crippen LogP) is 2.89. The highest BCUT2D eigenvalue weighted by Gasteiger charge is 2.24. The van der Waals surface area contributed by atoms with Crippen LogP contribution in [0, 0.1) is 0 Å². The number of ether oxygens (including phenoxy) is 1. The minimum atomic E-state index is -0.359. The van der Waals surface area contributed by atoms with Gasteiger partial charge in [-0.25, -0.2) is 0 Å². The van der Waals surface area contributed by atoms with Gasteiger partial charge < -0.3 is 20.3 Å². The molecule has 37 heavy (non-hydrogen) atoms. The Hall–Kier alpha value is -3.10. The van der Waals surface area contributed by atoms with Crippen LogP contribution < -0.4 is 15.4 Å². The van der Waals surface area contributed by atoms with Gasteiger partial charge in [-0.2, -0.15) is 0 Å². The Balaban J connectivity index is 1.52. The Labute approximate surface area is 223 Å². The molecule has 2 aromatic carbocycles. The molecule has 2 aromatic rings. The summed E-state index contributed by atoms with van der Waals surface area (Å²) in [6, 6.07) is 14.4. The maximum atomic E-state index is 13.2. The zero-order valence-electron chi connectivity index (χ0n) is 21.1. The van der Waals surface area contributed by atoms with E-state index < -0.39 is 0 Å². The first-order valence-corrected chi connectivity index (χ1v) is 13.4. The molecule has 4 rings (SSSR count). The normalized spacial score (nSPS) is 20.1. The number of halogens is 1. The highest BCUT2D eigenvalue weighted by atomic mass is 35.5. The van der Waals surface area contributed by atoms with Crippen LogP contribution in [0.25, 0.3) is 0 Å². The SMILES string of the molecule is O=C1CN(C(=O)CN2CCCC2)CCCCNC(=O)c2cc(Cl)ccc2OC[C@@H](Cc2ccccc2)N1. The fourth-order valence-electron chi connectivity index (χ4n) is 4.74. The van der Waals surface area contributed by atoms with E-state index in [2.05, 4.69) is 15.5 Å². The summed E-state index contributed by atoms with van der Waals surface area (Å²) in [5.74, 6) is -0.118. The molecule has 2 aliphatic heterocycles. The summed E-state index contributed by atoms with van der Waals surface area (Å²) in [5, 5.41) is 6.44. The van der Waals surface area contributed by atoms with Crippen molar-refractivity contribution in [3.63, 3.8) is 0 Å². The number of hydrogen-bond acceptors (Lipinski definition) is 5. The van der Waals surface area contributed by atoms with Crippen LogP contribution in [-0.2, 0) is 16.0 Å². The molecule has 0 saturated carbocycles. The van der Waals surface area contributed by atoms with Crippen molar-refractivity contribution in [2.75, 3.05) is 45.9 Å². The van der Waals surface area contributed by atoms with E-state index in [0.29, 0.717) is 55.2 Å². The van der Waals surface area contributed by atoms with E-state index in [1.807, 2.05) is 30.3 Å². The van der Waals surface area contributed by atoms with E-state index in [1.165, 1.54) is 0 Å². The standard InChI is InChI=1S/C28H35ClN4O4/c29-22-10-11-25-24(17-22)28(36)30-12-4-5-15-33(27(35)19-32-13-6-7-14-32)18-26(34)31-23(20-37-25)16-21-8-2-1-3-9-21/h1-3,8-11,17,23H,4-7,12-16,18-20H2,(H,30,36)(H,31,34)/t23-/m1/s1. The molecule has 0 bridgehead atoms. The number of nitrogens with zero attached hydrogens (tertiary/aromatic N) is 2. The van der Waals surface area contributed by atoms with Gasteiger partial charge in [-0.1, -0.05) is 41.9 Å². The third-order valence-electron chi connectivity index (χ3n) is 6.70. The van der Waals surface area contributed by atoms with Crippen molar-refractivity contribution >= 4 is 29.3 Å². The van der Waals surface area contributed by atoms with E-state index in [-0.39, 0.29) is 36.9 Å². The van der Waals surface area contributed by atoms with Crippen molar-refractivity contribution in [2.24, 2.45) is 0 Å². The first-order chi connectivity index (χ1) is 18.0. The van der Waals surface area contributed by atoms with Crippen LogP contribution >= 0.6 is 11.6 Å². The molecule has 1 saturated heterocycles. The third kappa shape index (κ3) is 8.20. The molecule has 0 radical (unpaired) electrons. The fraction of sp³-hybridized carbons (Fsp3) is 0.464. The molecule has 0 unspecified atom stereocenters. The van der Waals surface area contributed by atoms with Crippen LogP contribution in [0.3, 0.4) is 0 Å². The number of hydrogen-bond donors (Lipinski definition) is 2. The molecule has 9 heteroatoms. The number of fused-ring (bicyclic) bond motifs is 1. The van der Waals surface area contributed by atoms with Crippen molar-refractivity contribution in [3.8, 4) is 5.75 Å². The maximum absolute atomic E-state index is 13.2. The van der Waals surface area contributed by atoms with E-state index in [9.17, 15) is 14.4 Å². The number of rotatable bonds is 4. The summed E-state index contributed by atoms with van der Waals surface area (Å²) < 4.78 is 6.06. The van der Waals surface area contributed by atoms with Crippen molar-refractivity contribution < 1.29 is 19.1 Å². The monoisotopic (exact) mass is 526 g/mol. The van der Waals surface area contributed by atoms with Crippen molar-refractivity contribution in [2.45, 2.75) is 38.1 Å². The fourth-order valence-corrected chi connectivity index (χ4v) is 4.91. The lowest BCUT2D eigenvalue weighted by Crippen LogP contribution is -2.48. The summed E-state index contributed by atoms with van der Waals surface area (Å²) in [6.45, 7) is 3.22. The minimum Gasteiger partial charge on any atom is -0.491 e. The third-order valence-corrected chi connectivity index (χ3v) is 6.94. The van der Waals surface area contributed by atoms with Gasteiger partial charge in [0.2, 0.25) is 11.8 Å². The molecule has 0 aliphatic carbocycles. The highest BCUT2D eigenvalue weighted by Crippen LogP contribution is 2.23. The molecule has 3 amide bonds. The van der Waals surface area contributed by atoms with E-state index in [4.69, 9.17) is 16.3 Å². The maximum Gasteiger partial charge on any atom is 0.255 e. The topological polar surface area (TPSA) is 91.0 Å². The lowest BCUT2D eigenvalue weighted by molar-refractivity contribution is -0.137. The first-order valence-electron chi connectivity index (χ1n) is 13.0. The van der Waals surface area contributed by atoms with E-state index in [0.717, 1.165) is 31.5 Å². The molecule has 2 heterocycles. The van der Waals surface area contributed by atoms with Gasteiger partial charge in [0.05, 0.1) is 24.7 Å². The quantitative estimate of drug-likeness (QED) is 0.639. The molecular weight excluding hydrogens is 492 g/mol. The molecule has 1 fully saturated rings. The Morgan fingerprint density at radius 3 is 2.54 bits per heavy atom. The second-order valence-corrected chi connectivity index (χ2v) is 10.1. The Morgan fingerprint density at radius 2 is 1.76 bits per heavy atom. The molecule has 0 aromatic heterocycles. The van der Waals surface area contributed by atoms with E-state index in [1.54, 1.807) is 23.1 Å². The van der Waals surface area contributed by atoms with Gasteiger partial charge in [0, 0.05) is 18.1 Å². The Kier molecular flexibility index (Phi) is 9.79. The smallest absolute Gasteiger partial charge is 0.255 e. The predicted molar refractivity (Wildman–Crippen MR) is 143 cm³/mol. The number of carbonyl (C=O) groups is 3. The largest absolute Gasteiger partial charge is 0.491 e. The van der Waals surface area contributed by atoms with Crippen molar-refractivity contribution in [3.05, 3.63) is 64.7 Å². The first kappa shape index (κ1) is 26.9. The Bertz CT molecular complexity index is 1080. The number of nitrogens with one attached hydrogen (secondary N) is 2. The summed E-state index contributed by atoms with van der Waals surface area (Å²) in [7, 11) is 0. The summed E-state index contributed by atoms with van der Waals surface area (Å²) >= 11 is 6.16. The molecular formula is C28H35ClN4O4. The number of benzene rings is 2. The van der Waals surface area contributed by atoms with Gasteiger partial charge in [-0.05, 0) is 69.0 Å². The second kappa shape index (κ2) is 13.4. The molecule has 8 nitrogen and oxygen atoms in total. The average molecular weight is 527 g/mol. The number of likely N-dealkylation sites (tertiary alicyclic amines) is 1. The second-order valence-electron chi connectivity index (χ2n) is 9.67. The lowest BCUT2D eigenvalue weighted by Gasteiger charge is -2.26. The van der Waals surface area contributed by atoms with Gasteiger partial charge in [0.15, 0.2) is 0 Å². The molecule has 2 aliphatic rings. The molecule has 198 valence electrons. The molecule has 2 N–H and O–H groups in total. The summed E-state index contributed by atoms with van der Waals surface area (Å²) in [5.41, 5.74) is 1.40. The van der Waals surface area contributed by atoms with Gasteiger partial charge in [-0.15, -0.1) is 0 Å². The van der Waals surface area contributed by atoms with Gasteiger partial charge >= 0.3 is 0 Å². The van der Waals surface area contributed by atoms with Gasteiger partial charge in [-0.3, -0.25) is 19.3 Å². The van der Waals surface area contributed by atoms with Crippen LogP contribution in [-0.4, -0.2) is 79.4 Å². The number of carbonyl (C=O) groups excluding carboxylic acids is 3.